The normalized spacial score (nSPS) is 11.3. The summed E-state index contributed by atoms with van der Waals surface area (Å²) in [6, 6.07) is 23.4. The summed E-state index contributed by atoms with van der Waals surface area (Å²) >= 11 is 0. The number of hydrogen-bond donors (Lipinski definition) is 0. The summed E-state index contributed by atoms with van der Waals surface area (Å²) in [4.78, 5) is 26.4. The first kappa shape index (κ1) is 24.4. The van der Waals surface area contributed by atoms with Crippen LogP contribution >= 0.6 is 0 Å². The van der Waals surface area contributed by atoms with Gasteiger partial charge in [-0.15, -0.1) is 5.10 Å². The van der Waals surface area contributed by atoms with Crippen LogP contribution in [0, 0.1) is 0 Å². The summed E-state index contributed by atoms with van der Waals surface area (Å²) in [7, 11) is 3.34. The molecular weight excluding hydrogens is 430 g/mol. The molecule has 0 aliphatic heterocycles. The zero-order chi connectivity index (χ0) is 24.3. The molecule has 1 amide bonds. The minimum Gasteiger partial charge on any atom is -0.490 e. The van der Waals surface area contributed by atoms with Crippen LogP contribution in [-0.4, -0.2) is 55.8 Å². The van der Waals surface area contributed by atoms with Crippen LogP contribution in [0.5, 0.6) is 11.5 Å². The van der Waals surface area contributed by atoms with E-state index in [1.165, 1.54) is 4.90 Å². The fourth-order valence-corrected chi connectivity index (χ4v) is 2.97. The van der Waals surface area contributed by atoms with Gasteiger partial charge in [-0.3, -0.25) is 9.59 Å². The molecule has 0 aliphatic rings. The second-order valence-corrected chi connectivity index (χ2v) is 7.47. The van der Waals surface area contributed by atoms with Crippen LogP contribution < -0.4 is 9.47 Å². The first-order valence-electron chi connectivity index (χ1n) is 10.9. The molecule has 0 saturated heterocycles. The van der Waals surface area contributed by atoms with Crippen LogP contribution in [-0.2, 0) is 4.79 Å². The lowest BCUT2D eigenvalue weighted by atomic mass is 10.0. The largest absolute Gasteiger partial charge is 0.490 e. The lowest BCUT2D eigenvalue weighted by Gasteiger charge is -2.14. The van der Waals surface area contributed by atoms with Gasteiger partial charge in [0.25, 0.3) is 5.91 Å². The molecule has 0 radical (unpaired) electrons. The van der Waals surface area contributed by atoms with Gasteiger partial charge in [-0.2, -0.15) is 5.10 Å². The average Bonchev–Trinajstić information content (AvgIpc) is 2.86. The van der Waals surface area contributed by atoms with Crippen LogP contribution in [0.25, 0.3) is 0 Å². The van der Waals surface area contributed by atoms with Crippen molar-refractivity contribution in [3.05, 3.63) is 95.6 Å². The molecule has 0 N–H and O–H groups in total. The Balaban J connectivity index is 1.86. The van der Waals surface area contributed by atoms with Crippen LogP contribution in [0.3, 0.4) is 0 Å². The average molecular weight is 458 g/mol. The number of ether oxygens (including phenoxy) is 2. The topological polar surface area (TPSA) is 80.6 Å². The molecule has 0 aliphatic carbocycles. The van der Waals surface area contributed by atoms with Crippen molar-refractivity contribution in [2.45, 2.75) is 6.92 Å². The van der Waals surface area contributed by atoms with Crippen LogP contribution in [0.4, 0.5) is 0 Å². The Morgan fingerprint density at radius 1 is 0.853 bits per heavy atom. The molecule has 0 bridgehead atoms. The molecular formula is C27H27N3O4. The zero-order valence-electron chi connectivity index (χ0n) is 19.5. The quantitative estimate of drug-likeness (QED) is 0.259. The first-order chi connectivity index (χ1) is 16.5. The van der Waals surface area contributed by atoms with Crippen molar-refractivity contribution in [1.29, 1.82) is 0 Å². The molecule has 0 saturated carbocycles. The molecule has 34 heavy (non-hydrogen) atoms. The maximum Gasteiger partial charge on any atom is 0.259 e. The van der Waals surface area contributed by atoms with E-state index in [1.807, 2.05) is 55.5 Å². The molecule has 0 unspecified atom stereocenters. The minimum atomic E-state index is -0.215. The number of nitrogens with zero attached hydrogens (tertiary/aromatic N) is 3. The van der Waals surface area contributed by atoms with Gasteiger partial charge in [-0.1, -0.05) is 60.7 Å². The second-order valence-electron chi connectivity index (χ2n) is 7.47. The second kappa shape index (κ2) is 12.1. The summed E-state index contributed by atoms with van der Waals surface area (Å²) in [6.45, 7) is 2.20. The highest BCUT2D eigenvalue weighted by Gasteiger charge is 2.16. The molecule has 0 heterocycles. The fourth-order valence-electron chi connectivity index (χ4n) is 2.97. The summed E-state index contributed by atoms with van der Waals surface area (Å²) in [6.07, 6.45) is 1.54. The lowest BCUT2D eigenvalue weighted by Crippen LogP contribution is -2.27. The van der Waals surface area contributed by atoms with E-state index in [9.17, 15) is 9.59 Å². The van der Waals surface area contributed by atoms with E-state index >= 15 is 0 Å². The van der Waals surface area contributed by atoms with Crippen LogP contribution in [0.1, 0.15) is 28.4 Å². The van der Waals surface area contributed by atoms with Crippen molar-refractivity contribution < 1.29 is 19.1 Å². The van der Waals surface area contributed by atoms with Crippen molar-refractivity contribution in [1.82, 2.24) is 4.90 Å². The van der Waals surface area contributed by atoms with E-state index in [0.29, 0.717) is 34.8 Å². The number of ketones is 1. The van der Waals surface area contributed by atoms with Crippen LogP contribution in [0.15, 0.2) is 89.1 Å². The molecule has 0 aromatic heterocycles. The van der Waals surface area contributed by atoms with Gasteiger partial charge in [0.2, 0.25) is 5.78 Å². The van der Waals surface area contributed by atoms with Crippen molar-refractivity contribution >= 4 is 23.6 Å². The highest BCUT2D eigenvalue weighted by molar-refractivity contribution is 6.51. The molecule has 0 spiro atoms. The third-order valence-corrected chi connectivity index (χ3v) is 4.78. The van der Waals surface area contributed by atoms with E-state index in [4.69, 9.17) is 9.47 Å². The molecule has 7 nitrogen and oxygen atoms in total. The van der Waals surface area contributed by atoms with Gasteiger partial charge in [0.05, 0.1) is 12.8 Å². The Bertz CT molecular complexity index is 1170. The zero-order valence-corrected chi connectivity index (χ0v) is 19.5. The highest BCUT2D eigenvalue weighted by atomic mass is 16.5. The Morgan fingerprint density at radius 2 is 1.50 bits per heavy atom. The van der Waals surface area contributed by atoms with E-state index in [2.05, 4.69) is 10.2 Å². The molecule has 3 rings (SSSR count). The van der Waals surface area contributed by atoms with Crippen molar-refractivity contribution in [3.8, 4) is 11.5 Å². The first-order valence-corrected chi connectivity index (χ1v) is 10.9. The Hall–Kier alpha value is -4.26. The molecule has 3 aromatic rings. The molecule has 3 aromatic carbocycles. The number of carbonyl (C=O) groups excluding carboxylic acids is 2. The molecule has 0 fully saturated rings. The Kier molecular flexibility index (Phi) is 8.68. The Morgan fingerprint density at radius 3 is 2.12 bits per heavy atom. The highest BCUT2D eigenvalue weighted by Crippen LogP contribution is 2.28. The summed E-state index contributed by atoms with van der Waals surface area (Å²) in [5.74, 6) is 0.583. The van der Waals surface area contributed by atoms with E-state index < -0.39 is 0 Å². The molecule has 0 atom stereocenters. The smallest absolute Gasteiger partial charge is 0.259 e. The van der Waals surface area contributed by atoms with E-state index in [0.717, 1.165) is 0 Å². The van der Waals surface area contributed by atoms with Crippen molar-refractivity contribution in [3.63, 3.8) is 0 Å². The number of Topliss-reactive ketones (excluding diaryl/α,β-unsaturated/α-hetero) is 1. The predicted octanol–water partition coefficient (Wildman–Crippen LogP) is 4.26. The van der Waals surface area contributed by atoms with Gasteiger partial charge < -0.3 is 14.4 Å². The summed E-state index contributed by atoms with van der Waals surface area (Å²) in [5.41, 5.74) is 2.17. The van der Waals surface area contributed by atoms with E-state index in [-0.39, 0.29) is 24.0 Å². The fraction of sp³-hybridized carbons (Fsp3) is 0.185. The standard InChI is InChI=1S/C27H27N3O4/c1-4-33-24-17-20(15-16-23(24)34-19-25(31)30(2)3)18-28-29-26(21-11-7-5-8-12-21)27(32)22-13-9-6-10-14-22/h5-18H,4,19H2,1-3H3/b28-18-,29-26-. The summed E-state index contributed by atoms with van der Waals surface area (Å²) < 4.78 is 11.3. The van der Waals surface area contributed by atoms with Gasteiger partial charge >= 0.3 is 0 Å². The summed E-state index contributed by atoms with van der Waals surface area (Å²) in [5, 5.41) is 8.44. The van der Waals surface area contributed by atoms with Gasteiger partial charge in [0, 0.05) is 25.2 Å². The van der Waals surface area contributed by atoms with Gasteiger partial charge in [-0.05, 0) is 30.7 Å². The van der Waals surface area contributed by atoms with Gasteiger partial charge in [0.1, 0.15) is 5.71 Å². The molecule has 174 valence electrons. The number of hydrogen-bond acceptors (Lipinski definition) is 6. The number of rotatable bonds is 10. The van der Waals surface area contributed by atoms with Crippen molar-refractivity contribution in [2.24, 2.45) is 10.2 Å². The molecule has 7 heteroatoms. The number of amides is 1. The predicted molar refractivity (Wildman–Crippen MR) is 133 cm³/mol. The maximum absolute atomic E-state index is 13.1. The SMILES string of the molecule is CCOc1cc(/C=N\N=C(/C(=O)c2ccccc2)c2ccccc2)ccc1OCC(=O)N(C)C. The third kappa shape index (κ3) is 6.62. The number of likely N-dealkylation sites (N-methyl/N-ethyl adjacent to an activating group) is 1. The minimum absolute atomic E-state index is 0.0904. The van der Waals surface area contributed by atoms with E-state index in [1.54, 1.807) is 50.6 Å². The third-order valence-electron chi connectivity index (χ3n) is 4.78. The number of benzene rings is 3. The Labute approximate surface area is 199 Å². The van der Waals surface area contributed by atoms with Crippen LogP contribution in [0.2, 0.25) is 0 Å². The maximum atomic E-state index is 13.1. The van der Waals surface area contributed by atoms with Gasteiger partial charge in [-0.25, -0.2) is 0 Å². The van der Waals surface area contributed by atoms with Gasteiger partial charge in [0.15, 0.2) is 18.1 Å². The lowest BCUT2D eigenvalue weighted by molar-refractivity contribution is -0.130. The van der Waals surface area contributed by atoms with Crippen molar-refractivity contribution in [2.75, 3.05) is 27.3 Å². The number of carbonyl (C=O) groups is 2. The monoisotopic (exact) mass is 457 g/mol.